The second kappa shape index (κ2) is 9.12. The van der Waals surface area contributed by atoms with Gasteiger partial charge in [-0.2, -0.15) is 0 Å². The van der Waals surface area contributed by atoms with Crippen molar-refractivity contribution in [1.29, 1.82) is 0 Å². The standard InChI is InChI=1S/C24H23ClN2O5/c1-14(21(28)26-16-7-3-2-4-8-16)32-24(31)15-11-12-17-18(13-15)23(30)27(22(17)29)20-10-6-5-9-19(20)25/h5-6,9-14,16H,2-4,7-8H2,1H3,(H,26,28)/t14-/m0/s1. The molecule has 32 heavy (non-hydrogen) atoms. The van der Waals surface area contributed by atoms with Crippen LogP contribution < -0.4 is 10.2 Å². The zero-order valence-electron chi connectivity index (χ0n) is 17.6. The van der Waals surface area contributed by atoms with Crippen LogP contribution in [-0.4, -0.2) is 35.8 Å². The molecule has 0 aromatic heterocycles. The van der Waals surface area contributed by atoms with Gasteiger partial charge in [-0.1, -0.05) is 43.0 Å². The van der Waals surface area contributed by atoms with E-state index >= 15 is 0 Å². The third-order valence-electron chi connectivity index (χ3n) is 5.82. The summed E-state index contributed by atoms with van der Waals surface area (Å²) in [5, 5.41) is 3.19. The molecule has 0 saturated heterocycles. The average Bonchev–Trinajstić information content (AvgIpc) is 3.04. The Labute approximate surface area is 190 Å². The van der Waals surface area contributed by atoms with E-state index in [9.17, 15) is 19.2 Å². The van der Waals surface area contributed by atoms with E-state index in [1.54, 1.807) is 24.3 Å². The highest BCUT2D eigenvalue weighted by Gasteiger charge is 2.38. The summed E-state index contributed by atoms with van der Waals surface area (Å²) in [6.07, 6.45) is 4.20. The Morgan fingerprint density at radius 2 is 1.72 bits per heavy atom. The van der Waals surface area contributed by atoms with E-state index in [0.29, 0.717) is 0 Å². The van der Waals surface area contributed by atoms with E-state index in [1.165, 1.54) is 31.5 Å². The van der Waals surface area contributed by atoms with Crippen molar-refractivity contribution >= 4 is 41.0 Å². The lowest BCUT2D eigenvalue weighted by Crippen LogP contribution is -2.42. The van der Waals surface area contributed by atoms with Crippen LogP contribution in [0, 0.1) is 0 Å². The summed E-state index contributed by atoms with van der Waals surface area (Å²) < 4.78 is 5.31. The number of rotatable bonds is 5. The molecule has 8 heteroatoms. The van der Waals surface area contributed by atoms with E-state index in [-0.39, 0.29) is 39.3 Å². The SMILES string of the molecule is C[C@H](OC(=O)c1ccc2c(c1)C(=O)N(c1ccccc1Cl)C2=O)C(=O)NC1CCCCC1. The number of para-hydroxylation sites is 1. The largest absolute Gasteiger partial charge is 0.449 e. The number of ether oxygens (including phenoxy) is 1. The molecular formula is C24H23ClN2O5. The second-order valence-corrected chi connectivity index (χ2v) is 8.46. The fraction of sp³-hybridized carbons (Fsp3) is 0.333. The summed E-state index contributed by atoms with van der Waals surface area (Å²) >= 11 is 6.16. The normalized spacial score (nSPS) is 17.1. The van der Waals surface area contributed by atoms with Crippen molar-refractivity contribution in [2.24, 2.45) is 0 Å². The van der Waals surface area contributed by atoms with Crippen LogP contribution in [0.15, 0.2) is 42.5 Å². The van der Waals surface area contributed by atoms with E-state index in [1.807, 2.05) is 0 Å². The summed E-state index contributed by atoms with van der Waals surface area (Å²) in [7, 11) is 0. The van der Waals surface area contributed by atoms with Gasteiger partial charge in [-0.05, 0) is 50.1 Å². The van der Waals surface area contributed by atoms with Gasteiger partial charge in [0.25, 0.3) is 17.7 Å². The Kier molecular flexibility index (Phi) is 6.28. The van der Waals surface area contributed by atoms with Gasteiger partial charge in [0.1, 0.15) is 0 Å². The number of benzene rings is 2. The highest BCUT2D eigenvalue weighted by Crippen LogP contribution is 2.33. The molecule has 1 aliphatic carbocycles. The zero-order valence-corrected chi connectivity index (χ0v) is 18.4. The lowest BCUT2D eigenvalue weighted by atomic mass is 9.95. The first-order valence-corrected chi connectivity index (χ1v) is 11.0. The third kappa shape index (κ3) is 4.25. The fourth-order valence-electron chi connectivity index (χ4n) is 4.07. The number of halogens is 1. The highest BCUT2D eigenvalue weighted by molar-refractivity contribution is 6.39. The van der Waals surface area contributed by atoms with Crippen LogP contribution in [0.1, 0.15) is 70.1 Å². The molecule has 1 fully saturated rings. The van der Waals surface area contributed by atoms with E-state index < -0.39 is 23.9 Å². The topological polar surface area (TPSA) is 92.8 Å². The number of anilines is 1. The van der Waals surface area contributed by atoms with Gasteiger partial charge in [0.2, 0.25) is 0 Å². The quantitative estimate of drug-likeness (QED) is 0.541. The third-order valence-corrected chi connectivity index (χ3v) is 6.14. The van der Waals surface area contributed by atoms with Gasteiger partial charge < -0.3 is 10.1 Å². The Balaban J connectivity index is 1.47. The minimum absolute atomic E-state index is 0.0863. The molecule has 0 spiro atoms. The molecule has 0 radical (unpaired) electrons. The minimum atomic E-state index is -0.977. The fourth-order valence-corrected chi connectivity index (χ4v) is 4.29. The van der Waals surface area contributed by atoms with Crippen molar-refractivity contribution in [2.45, 2.75) is 51.2 Å². The molecule has 1 aliphatic heterocycles. The number of hydrogen-bond donors (Lipinski definition) is 1. The van der Waals surface area contributed by atoms with E-state index in [2.05, 4.69) is 5.32 Å². The first-order valence-electron chi connectivity index (χ1n) is 10.7. The van der Waals surface area contributed by atoms with Crippen molar-refractivity contribution < 1.29 is 23.9 Å². The predicted octanol–water partition coefficient (Wildman–Crippen LogP) is 4.13. The molecule has 1 heterocycles. The van der Waals surface area contributed by atoms with E-state index in [4.69, 9.17) is 16.3 Å². The van der Waals surface area contributed by atoms with Crippen molar-refractivity contribution in [3.63, 3.8) is 0 Å². The van der Waals surface area contributed by atoms with Crippen LogP contribution in [0.3, 0.4) is 0 Å². The van der Waals surface area contributed by atoms with Gasteiger partial charge in [0.15, 0.2) is 6.10 Å². The maximum absolute atomic E-state index is 12.9. The molecule has 7 nitrogen and oxygen atoms in total. The molecule has 2 aromatic rings. The summed E-state index contributed by atoms with van der Waals surface area (Å²) in [6, 6.07) is 10.8. The molecule has 0 bridgehead atoms. The van der Waals surface area contributed by atoms with Crippen LogP contribution in [0.25, 0.3) is 0 Å². The number of esters is 1. The molecule has 1 atom stereocenters. The van der Waals surface area contributed by atoms with Gasteiger partial charge in [-0.15, -0.1) is 0 Å². The molecule has 166 valence electrons. The van der Waals surface area contributed by atoms with Crippen LogP contribution in [0.2, 0.25) is 5.02 Å². The maximum atomic E-state index is 12.9. The molecule has 3 amide bonds. The molecule has 1 saturated carbocycles. The Morgan fingerprint density at radius 1 is 1.03 bits per heavy atom. The van der Waals surface area contributed by atoms with Gasteiger partial charge in [0, 0.05) is 6.04 Å². The molecule has 2 aliphatic rings. The lowest BCUT2D eigenvalue weighted by molar-refractivity contribution is -0.130. The number of nitrogens with zero attached hydrogens (tertiary/aromatic N) is 1. The first kappa shape index (κ1) is 22.0. The lowest BCUT2D eigenvalue weighted by Gasteiger charge is -2.24. The van der Waals surface area contributed by atoms with Crippen molar-refractivity contribution in [1.82, 2.24) is 5.32 Å². The molecule has 2 aromatic carbocycles. The molecular weight excluding hydrogens is 432 g/mol. The number of carbonyl (C=O) groups excluding carboxylic acids is 4. The monoisotopic (exact) mass is 454 g/mol. The summed E-state index contributed by atoms with van der Waals surface area (Å²) in [6.45, 7) is 1.51. The number of carbonyl (C=O) groups is 4. The van der Waals surface area contributed by atoms with E-state index in [0.717, 1.165) is 30.6 Å². The number of imide groups is 1. The van der Waals surface area contributed by atoms with Gasteiger partial charge >= 0.3 is 5.97 Å². The van der Waals surface area contributed by atoms with Gasteiger partial charge in [-0.3, -0.25) is 14.4 Å². The maximum Gasteiger partial charge on any atom is 0.338 e. The van der Waals surface area contributed by atoms with Crippen LogP contribution in [0.4, 0.5) is 5.69 Å². The van der Waals surface area contributed by atoms with Crippen molar-refractivity contribution in [3.05, 3.63) is 64.2 Å². The number of fused-ring (bicyclic) bond motifs is 1. The number of nitrogens with one attached hydrogen (secondary N) is 1. The highest BCUT2D eigenvalue weighted by atomic mass is 35.5. The average molecular weight is 455 g/mol. The van der Waals surface area contributed by atoms with Crippen molar-refractivity contribution in [3.8, 4) is 0 Å². The van der Waals surface area contributed by atoms with Crippen molar-refractivity contribution in [2.75, 3.05) is 4.90 Å². The zero-order chi connectivity index (χ0) is 22.8. The van der Waals surface area contributed by atoms with Gasteiger partial charge in [0.05, 0.1) is 27.4 Å². The smallest absolute Gasteiger partial charge is 0.338 e. The summed E-state index contributed by atoms with van der Waals surface area (Å²) in [4.78, 5) is 51.7. The van der Waals surface area contributed by atoms with Gasteiger partial charge in [-0.25, -0.2) is 9.69 Å². The summed E-state index contributed by atoms with van der Waals surface area (Å²) in [5.41, 5.74) is 0.624. The van der Waals surface area contributed by atoms with Crippen LogP contribution >= 0.6 is 11.6 Å². The molecule has 4 rings (SSSR count). The molecule has 1 N–H and O–H groups in total. The van der Waals surface area contributed by atoms with Crippen LogP contribution in [-0.2, 0) is 9.53 Å². The van der Waals surface area contributed by atoms with Crippen LogP contribution in [0.5, 0.6) is 0 Å². The second-order valence-electron chi connectivity index (χ2n) is 8.05. The number of amides is 3. The Morgan fingerprint density at radius 3 is 2.44 bits per heavy atom. The molecule has 0 unspecified atom stereocenters. The first-order chi connectivity index (χ1) is 15.4. The minimum Gasteiger partial charge on any atom is -0.449 e. The summed E-state index contributed by atoms with van der Waals surface area (Å²) in [5.74, 6) is -2.17. The predicted molar refractivity (Wildman–Crippen MR) is 119 cm³/mol. The Bertz CT molecular complexity index is 1090. The number of hydrogen-bond acceptors (Lipinski definition) is 5. The Hall–Kier alpha value is -3.19.